The number of fused-ring (bicyclic) bond motifs is 8. The minimum atomic E-state index is 0.407. The standard InChI is InChI=1S/C31H29N3/c1-18(2)21-15-10-16-22(19(3)4)27(21)31-33-28-25-14-9-8-13-24(25)26-23-12-7-6-11-20(23)17-32-29(26)30(28)34(31)5/h6-19H,1-5H3. The van der Waals surface area contributed by atoms with Crippen LogP contribution in [-0.2, 0) is 7.05 Å². The number of aromatic nitrogens is 3. The van der Waals surface area contributed by atoms with E-state index in [1.165, 1.54) is 38.2 Å². The van der Waals surface area contributed by atoms with Gasteiger partial charge in [-0.25, -0.2) is 4.98 Å². The van der Waals surface area contributed by atoms with E-state index in [1.54, 1.807) is 0 Å². The van der Waals surface area contributed by atoms with Gasteiger partial charge in [0.25, 0.3) is 0 Å². The Morgan fingerprint density at radius 3 is 1.97 bits per heavy atom. The molecule has 0 aliphatic carbocycles. The number of pyridine rings is 1. The molecule has 0 amide bonds. The maximum atomic E-state index is 5.35. The molecule has 6 aromatic rings. The predicted molar refractivity (Wildman–Crippen MR) is 145 cm³/mol. The van der Waals surface area contributed by atoms with Gasteiger partial charge in [0.05, 0.1) is 16.6 Å². The quantitative estimate of drug-likeness (QED) is 0.257. The summed E-state index contributed by atoms with van der Waals surface area (Å²) in [5, 5.41) is 5.99. The highest BCUT2D eigenvalue weighted by Gasteiger charge is 2.23. The molecule has 6 rings (SSSR count). The fourth-order valence-corrected chi connectivity index (χ4v) is 5.51. The smallest absolute Gasteiger partial charge is 0.141 e. The highest BCUT2D eigenvalue weighted by molar-refractivity contribution is 6.29. The average Bonchev–Trinajstić information content (AvgIpc) is 3.20. The monoisotopic (exact) mass is 443 g/mol. The lowest BCUT2D eigenvalue weighted by Gasteiger charge is -2.19. The van der Waals surface area contributed by atoms with Crippen molar-refractivity contribution in [2.24, 2.45) is 7.05 Å². The molecule has 0 radical (unpaired) electrons. The minimum absolute atomic E-state index is 0.407. The Kier molecular flexibility index (Phi) is 4.70. The summed E-state index contributed by atoms with van der Waals surface area (Å²) in [4.78, 5) is 10.4. The molecule has 0 N–H and O–H groups in total. The Morgan fingerprint density at radius 2 is 1.29 bits per heavy atom. The summed E-state index contributed by atoms with van der Waals surface area (Å²) in [5.41, 5.74) is 7.10. The summed E-state index contributed by atoms with van der Waals surface area (Å²) in [6.07, 6.45) is 2.00. The Morgan fingerprint density at radius 1 is 0.676 bits per heavy atom. The lowest BCUT2D eigenvalue weighted by atomic mass is 9.88. The van der Waals surface area contributed by atoms with Crippen molar-refractivity contribution < 1.29 is 0 Å². The topological polar surface area (TPSA) is 30.7 Å². The second-order valence-electron chi connectivity index (χ2n) is 9.93. The van der Waals surface area contributed by atoms with Crippen LogP contribution >= 0.6 is 0 Å². The molecule has 0 aliphatic heterocycles. The first-order valence-electron chi connectivity index (χ1n) is 12.1. The van der Waals surface area contributed by atoms with Gasteiger partial charge in [-0.3, -0.25) is 4.98 Å². The van der Waals surface area contributed by atoms with E-state index < -0.39 is 0 Å². The van der Waals surface area contributed by atoms with Crippen molar-refractivity contribution >= 4 is 43.5 Å². The van der Waals surface area contributed by atoms with Gasteiger partial charge in [-0.05, 0) is 33.7 Å². The van der Waals surface area contributed by atoms with Crippen LogP contribution in [0.2, 0.25) is 0 Å². The van der Waals surface area contributed by atoms with Crippen molar-refractivity contribution in [1.29, 1.82) is 0 Å². The molecule has 3 nitrogen and oxygen atoms in total. The van der Waals surface area contributed by atoms with Gasteiger partial charge in [0.1, 0.15) is 5.82 Å². The van der Waals surface area contributed by atoms with Crippen LogP contribution in [0.15, 0.2) is 72.9 Å². The Labute approximate surface area is 200 Å². The number of nitrogens with zero attached hydrogens (tertiary/aromatic N) is 3. The fourth-order valence-electron chi connectivity index (χ4n) is 5.51. The Balaban J connectivity index is 1.84. The largest absolute Gasteiger partial charge is 0.325 e. The van der Waals surface area contributed by atoms with Crippen molar-refractivity contribution in [3.05, 3.63) is 84.1 Å². The molecule has 0 aliphatic rings. The predicted octanol–water partition coefficient (Wildman–Crippen LogP) is 8.34. The van der Waals surface area contributed by atoms with Gasteiger partial charge in [-0.2, -0.15) is 0 Å². The van der Waals surface area contributed by atoms with Crippen molar-refractivity contribution in [2.75, 3.05) is 0 Å². The van der Waals surface area contributed by atoms with Crippen LogP contribution in [0.3, 0.4) is 0 Å². The molecule has 168 valence electrons. The average molecular weight is 444 g/mol. The number of aryl methyl sites for hydroxylation is 1. The van der Waals surface area contributed by atoms with Crippen LogP contribution in [0.25, 0.3) is 54.9 Å². The van der Waals surface area contributed by atoms with Gasteiger partial charge < -0.3 is 4.57 Å². The molecule has 0 saturated carbocycles. The molecule has 0 fully saturated rings. The molecule has 0 saturated heterocycles. The minimum Gasteiger partial charge on any atom is -0.325 e. The van der Waals surface area contributed by atoms with Crippen LogP contribution in [0.4, 0.5) is 0 Å². The van der Waals surface area contributed by atoms with Crippen molar-refractivity contribution in [2.45, 2.75) is 39.5 Å². The lowest BCUT2D eigenvalue weighted by molar-refractivity contribution is 0.828. The molecular formula is C31H29N3. The fraction of sp³-hybridized carbons (Fsp3) is 0.226. The molecule has 4 aromatic carbocycles. The molecule has 0 spiro atoms. The summed E-state index contributed by atoms with van der Waals surface area (Å²) in [5.74, 6) is 1.84. The van der Waals surface area contributed by atoms with E-state index in [-0.39, 0.29) is 0 Å². The normalized spacial score (nSPS) is 12.2. The number of imidazole rings is 1. The van der Waals surface area contributed by atoms with E-state index in [2.05, 4.69) is 106 Å². The molecule has 0 bridgehead atoms. The SMILES string of the molecule is CC(C)c1cccc(C(C)C)c1-c1nc2c3ccccc3c3c4ccccc4cnc3c2n1C. The lowest BCUT2D eigenvalue weighted by Crippen LogP contribution is -2.04. The maximum Gasteiger partial charge on any atom is 0.141 e. The molecule has 2 heterocycles. The van der Waals surface area contributed by atoms with Crippen LogP contribution in [0.1, 0.15) is 50.7 Å². The number of rotatable bonds is 3. The van der Waals surface area contributed by atoms with Gasteiger partial charge in [0, 0.05) is 35.0 Å². The highest BCUT2D eigenvalue weighted by atomic mass is 15.1. The van der Waals surface area contributed by atoms with Gasteiger partial charge in [-0.15, -0.1) is 0 Å². The van der Waals surface area contributed by atoms with Gasteiger partial charge in [-0.1, -0.05) is 94.4 Å². The third-order valence-corrected chi connectivity index (χ3v) is 7.17. The van der Waals surface area contributed by atoms with E-state index >= 15 is 0 Å². The molecular weight excluding hydrogens is 414 g/mol. The van der Waals surface area contributed by atoms with E-state index in [0.717, 1.165) is 27.8 Å². The third kappa shape index (κ3) is 2.89. The molecule has 3 heteroatoms. The molecule has 0 atom stereocenters. The number of benzene rings is 4. The number of hydrogen-bond acceptors (Lipinski definition) is 2. The van der Waals surface area contributed by atoms with Crippen molar-refractivity contribution in [1.82, 2.24) is 14.5 Å². The van der Waals surface area contributed by atoms with E-state index in [1.807, 2.05) is 6.20 Å². The summed E-state index contributed by atoms with van der Waals surface area (Å²) in [6.45, 7) is 9.07. The van der Waals surface area contributed by atoms with Crippen LogP contribution in [0, 0.1) is 0 Å². The second kappa shape index (κ2) is 7.66. The zero-order valence-corrected chi connectivity index (χ0v) is 20.4. The first-order chi connectivity index (χ1) is 16.5. The van der Waals surface area contributed by atoms with E-state index in [0.29, 0.717) is 11.8 Å². The zero-order chi connectivity index (χ0) is 23.6. The first kappa shape index (κ1) is 20.9. The third-order valence-electron chi connectivity index (χ3n) is 7.17. The summed E-state index contributed by atoms with van der Waals surface area (Å²) >= 11 is 0. The first-order valence-corrected chi connectivity index (χ1v) is 12.1. The summed E-state index contributed by atoms with van der Waals surface area (Å²) in [6, 6.07) is 23.9. The Bertz CT molecular complexity index is 1690. The van der Waals surface area contributed by atoms with Crippen LogP contribution in [-0.4, -0.2) is 14.5 Å². The second-order valence-corrected chi connectivity index (χ2v) is 9.93. The van der Waals surface area contributed by atoms with Crippen LogP contribution in [0.5, 0.6) is 0 Å². The Hall–Kier alpha value is -3.72. The van der Waals surface area contributed by atoms with E-state index in [4.69, 9.17) is 9.97 Å². The summed E-state index contributed by atoms with van der Waals surface area (Å²) < 4.78 is 2.28. The highest BCUT2D eigenvalue weighted by Crippen LogP contribution is 2.41. The van der Waals surface area contributed by atoms with Crippen LogP contribution < -0.4 is 0 Å². The summed E-state index contributed by atoms with van der Waals surface area (Å²) in [7, 11) is 2.15. The van der Waals surface area contributed by atoms with E-state index in [9.17, 15) is 0 Å². The van der Waals surface area contributed by atoms with Gasteiger partial charge in [0.2, 0.25) is 0 Å². The molecule has 2 aromatic heterocycles. The zero-order valence-electron chi connectivity index (χ0n) is 20.4. The van der Waals surface area contributed by atoms with Gasteiger partial charge >= 0.3 is 0 Å². The van der Waals surface area contributed by atoms with Gasteiger partial charge in [0.15, 0.2) is 0 Å². The molecule has 0 unspecified atom stereocenters. The van der Waals surface area contributed by atoms with Crippen molar-refractivity contribution in [3.63, 3.8) is 0 Å². The maximum absolute atomic E-state index is 5.35. The number of hydrogen-bond donors (Lipinski definition) is 0. The van der Waals surface area contributed by atoms with Crippen molar-refractivity contribution in [3.8, 4) is 11.4 Å². The molecule has 34 heavy (non-hydrogen) atoms.